The molecule has 1 saturated carbocycles. The van der Waals surface area contributed by atoms with Gasteiger partial charge in [-0.2, -0.15) is 8.78 Å². The summed E-state index contributed by atoms with van der Waals surface area (Å²) in [6.07, 6.45) is 4.76. The summed E-state index contributed by atoms with van der Waals surface area (Å²) in [6.45, 7) is 1.94. The molecule has 5 heteroatoms. The molecule has 1 aliphatic heterocycles. The molecule has 1 heterocycles. The van der Waals surface area contributed by atoms with E-state index < -0.39 is 6.61 Å². The fourth-order valence-electron chi connectivity index (χ4n) is 4.30. The Bertz CT molecular complexity index is 1140. The van der Waals surface area contributed by atoms with Crippen molar-refractivity contribution >= 4 is 5.69 Å². The van der Waals surface area contributed by atoms with Crippen molar-refractivity contribution in [2.75, 3.05) is 11.9 Å². The normalized spacial score (nSPS) is 16.7. The number of ether oxygens (including phenoxy) is 2. The summed E-state index contributed by atoms with van der Waals surface area (Å²) in [5.41, 5.74) is 5.61. The van der Waals surface area contributed by atoms with Gasteiger partial charge < -0.3 is 14.8 Å². The van der Waals surface area contributed by atoms with Gasteiger partial charge in [0.15, 0.2) is 0 Å². The monoisotopic (exact) mass is 433 g/mol. The standard InChI is InChI=1S/C27H25F2NO2/c1-2-6-23-21-15-18(19-7-3-4-8-22(19)30-16-17-11-12-17)13-14-20(21)26-24(31-23)9-5-10-25(26)32-27(28)29/h2-5,7-10,13-15,17,23,27,30H,1,6,11-12,16H2. The highest BCUT2D eigenvalue weighted by Gasteiger charge is 2.29. The van der Waals surface area contributed by atoms with Gasteiger partial charge in [-0.15, -0.1) is 6.58 Å². The van der Waals surface area contributed by atoms with Crippen LogP contribution in [0, 0.1) is 5.92 Å². The fourth-order valence-corrected chi connectivity index (χ4v) is 4.30. The number of nitrogens with one attached hydrogen (secondary N) is 1. The molecular formula is C27H25F2NO2. The van der Waals surface area contributed by atoms with Gasteiger partial charge in [-0.25, -0.2) is 0 Å². The quantitative estimate of drug-likeness (QED) is 0.374. The Morgan fingerprint density at radius 2 is 1.91 bits per heavy atom. The van der Waals surface area contributed by atoms with Crippen LogP contribution in [0.3, 0.4) is 0 Å². The molecule has 0 amide bonds. The van der Waals surface area contributed by atoms with Gasteiger partial charge in [-0.1, -0.05) is 42.5 Å². The second-order valence-electron chi connectivity index (χ2n) is 8.31. The van der Waals surface area contributed by atoms with Crippen molar-refractivity contribution in [3.8, 4) is 33.8 Å². The Kier molecular flexibility index (Phi) is 5.56. The van der Waals surface area contributed by atoms with Crippen LogP contribution in [-0.2, 0) is 0 Å². The zero-order chi connectivity index (χ0) is 22.1. The first-order chi connectivity index (χ1) is 15.6. The van der Waals surface area contributed by atoms with Crippen LogP contribution >= 0.6 is 0 Å². The molecule has 0 radical (unpaired) electrons. The van der Waals surface area contributed by atoms with Gasteiger partial charge in [0.25, 0.3) is 0 Å². The number of hydrogen-bond donors (Lipinski definition) is 1. The first-order valence-electron chi connectivity index (χ1n) is 11.0. The third-order valence-electron chi connectivity index (χ3n) is 6.04. The molecule has 1 atom stereocenters. The highest BCUT2D eigenvalue weighted by atomic mass is 19.3. The molecule has 32 heavy (non-hydrogen) atoms. The third-order valence-corrected chi connectivity index (χ3v) is 6.04. The number of alkyl halides is 2. The number of anilines is 1. The summed E-state index contributed by atoms with van der Waals surface area (Å²) < 4.78 is 37.1. The van der Waals surface area contributed by atoms with Crippen molar-refractivity contribution in [2.45, 2.75) is 32.0 Å². The lowest BCUT2D eigenvalue weighted by molar-refractivity contribution is -0.0496. The Morgan fingerprint density at radius 1 is 1.06 bits per heavy atom. The second kappa shape index (κ2) is 8.65. The van der Waals surface area contributed by atoms with Crippen molar-refractivity contribution < 1.29 is 18.3 Å². The Balaban J connectivity index is 1.59. The fraction of sp³-hybridized carbons (Fsp3) is 0.259. The minimum absolute atomic E-state index is 0.120. The molecule has 1 aliphatic carbocycles. The topological polar surface area (TPSA) is 30.5 Å². The van der Waals surface area contributed by atoms with Gasteiger partial charge >= 0.3 is 6.61 Å². The van der Waals surface area contributed by atoms with Crippen molar-refractivity contribution in [1.82, 2.24) is 0 Å². The molecule has 5 rings (SSSR count). The molecular weight excluding hydrogens is 408 g/mol. The van der Waals surface area contributed by atoms with Gasteiger partial charge in [-0.3, -0.25) is 0 Å². The van der Waals surface area contributed by atoms with Crippen molar-refractivity contribution in [1.29, 1.82) is 0 Å². The van der Waals surface area contributed by atoms with Crippen molar-refractivity contribution in [2.24, 2.45) is 5.92 Å². The van der Waals surface area contributed by atoms with E-state index >= 15 is 0 Å². The Hall–Kier alpha value is -3.34. The zero-order valence-corrected chi connectivity index (χ0v) is 17.7. The smallest absolute Gasteiger partial charge is 0.387 e. The van der Waals surface area contributed by atoms with E-state index in [1.165, 1.54) is 12.8 Å². The predicted molar refractivity (Wildman–Crippen MR) is 123 cm³/mol. The highest BCUT2D eigenvalue weighted by molar-refractivity contribution is 5.85. The number of benzene rings is 3. The number of rotatable bonds is 8. The molecule has 3 nitrogen and oxygen atoms in total. The Labute approximate surface area is 186 Å². The van der Waals surface area contributed by atoms with Crippen molar-refractivity contribution in [3.63, 3.8) is 0 Å². The van der Waals surface area contributed by atoms with E-state index in [2.05, 4.69) is 30.1 Å². The van der Waals surface area contributed by atoms with Crippen LogP contribution in [0.4, 0.5) is 14.5 Å². The van der Waals surface area contributed by atoms with E-state index in [1.54, 1.807) is 18.2 Å². The average Bonchev–Trinajstić information content (AvgIpc) is 3.62. The molecule has 0 saturated heterocycles. The van der Waals surface area contributed by atoms with Crippen LogP contribution < -0.4 is 14.8 Å². The minimum Gasteiger partial charge on any atom is -0.485 e. The molecule has 2 aliphatic rings. The maximum absolute atomic E-state index is 13.0. The van der Waals surface area contributed by atoms with Crippen LogP contribution in [0.1, 0.15) is 30.9 Å². The summed E-state index contributed by atoms with van der Waals surface area (Å²) in [5, 5.41) is 3.59. The summed E-state index contributed by atoms with van der Waals surface area (Å²) in [5.74, 6) is 1.43. The molecule has 3 aromatic rings. The van der Waals surface area contributed by atoms with E-state index in [0.29, 0.717) is 17.7 Å². The van der Waals surface area contributed by atoms with E-state index in [9.17, 15) is 8.78 Å². The van der Waals surface area contributed by atoms with Gasteiger partial charge in [0.1, 0.15) is 17.6 Å². The largest absolute Gasteiger partial charge is 0.485 e. The van der Waals surface area contributed by atoms with E-state index in [-0.39, 0.29) is 11.9 Å². The first kappa shape index (κ1) is 20.6. The lowest BCUT2D eigenvalue weighted by Crippen LogP contribution is -2.15. The van der Waals surface area contributed by atoms with Crippen LogP contribution in [-0.4, -0.2) is 13.2 Å². The number of para-hydroxylation sites is 1. The third kappa shape index (κ3) is 4.07. The molecule has 1 unspecified atom stereocenters. The van der Waals surface area contributed by atoms with Gasteiger partial charge in [0, 0.05) is 29.8 Å². The van der Waals surface area contributed by atoms with Gasteiger partial charge in [0.2, 0.25) is 0 Å². The molecule has 164 valence electrons. The maximum atomic E-state index is 13.0. The summed E-state index contributed by atoms with van der Waals surface area (Å²) >= 11 is 0. The van der Waals surface area contributed by atoms with Crippen LogP contribution in [0.2, 0.25) is 0 Å². The maximum Gasteiger partial charge on any atom is 0.387 e. The summed E-state index contributed by atoms with van der Waals surface area (Å²) in [6, 6.07) is 19.4. The molecule has 1 fully saturated rings. The molecule has 0 spiro atoms. The molecule has 0 aromatic heterocycles. The molecule has 3 aromatic carbocycles. The Morgan fingerprint density at radius 3 is 2.69 bits per heavy atom. The summed E-state index contributed by atoms with van der Waals surface area (Å²) in [7, 11) is 0. The van der Waals surface area contributed by atoms with Crippen LogP contribution in [0.5, 0.6) is 11.5 Å². The van der Waals surface area contributed by atoms with Crippen LogP contribution in [0.15, 0.2) is 73.3 Å². The lowest BCUT2D eigenvalue weighted by atomic mass is 9.88. The van der Waals surface area contributed by atoms with Crippen LogP contribution in [0.25, 0.3) is 22.3 Å². The van der Waals surface area contributed by atoms with Gasteiger partial charge in [0.05, 0.1) is 5.56 Å². The highest BCUT2D eigenvalue weighted by Crippen LogP contribution is 2.49. The second-order valence-corrected chi connectivity index (χ2v) is 8.31. The number of halogens is 2. The molecule has 0 bridgehead atoms. The number of fused-ring (bicyclic) bond motifs is 3. The van der Waals surface area contributed by atoms with Gasteiger partial charge in [-0.05, 0) is 54.2 Å². The minimum atomic E-state index is -2.90. The number of hydrogen-bond acceptors (Lipinski definition) is 3. The lowest BCUT2D eigenvalue weighted by Gasteiger charge is -2.30. The predicted octanol–water partition coefficient (Wildman–Crippen LogP) is 7.45. The summed E-state index contributed by atoms with van der Waals surface area (Å²) in [4.78, 5) is 0. The van der Waals surface area contributed by atoms with Crippen molar-refractivity contribution in [3.05, 3.63) is 78.9 Å². The SMILES string of the molecule is C=CCC1Oc2cccc(OC(F)F)c2-c2ccc(-c3ccccc3NCC3CC3)cc21. The average molecular weight is 433 g/mol. The van der Waals surface area contributed by atoms with E-state index in [4.69, 9.17) is 9.47 Å². The van der Waals surface area contributed by atoms with E-state index in [1.807, 2.05) is 30.3 Å². The first-order valence-corrected chi connectivity index (χ1v) is 11.0. The van der Waals surface area contributed by atoms with E-state index in [0.717, 1.165) is 40.4 Å². The molecule has 1 N–H and O–H groups in total. The zero-order valence-electron chi connectivity index (χ0n) is 17.7.